The first-order valence-corrected chi connectivity index (χ1v) is 14.7. The van der Waals surface area contributed by atoms with Crippen LogP contribution in [0.15, 0.2) is 108 Å². The first kappa shape index (κ1) is 27.1. The van der Waals surface area contributed by atoms with Gasteiger partial charge in [0.25, 0.3) is 0 Å². The fraction of sp³-hybridized carbons (Fsp3) is 0. The average molecular weight is 759 g/mol. The summed E-state index contributed by atoms with van der Waals surface area (Å²) in [5, 5.41) is 1.35. The summed E-state index contributed by atoms with van der Waals surface area (Å²) < 4.78 is 7.88. The van der Waals surface area contributed by atoms with Crippen LogP contribution in [0.5, 0.6) is 0 Å². The maximum absolute atomic E-state index is 6.63. The zero-order valence-corrected chi connectivity index (χ0v) is 25.7. The van der Waals surface area contributed by atoms with Crippen LogP contribution in [-0.2, 0) is 3.63 Å². The Morgan fingerprint density at radius 2 is 0.971 bits per heavy atom. The number of hydrogen-bond acceptors (Lipinski definition) is 3. The van der Waals surface area contributed by atoms with Gasteiger partial charge in [0.2, 0.25) is 0 Å². The monoisotopic (exact) mass is 758 g/mol. The molecule has 0 aromatic heterocycles. The Morgan fingerprint density at radius 3 is 1.31 bits per heavy atom. The van der Waals surface area contributed by atoms with E-state index in [0.717, 1.165) is 50.3 Å². The van der Waals surface area contributed by atoms with Gasteiger partial charge in [0.15, 0.2) is 0 Å². The van der Waals surface area contributed by atoms with E-state index in [1.54, 1.807) is 0 Å². The Balaban J connectivity index is 1.67. The summed E-state index contributed by atoms with van der Waals surface area (Å²) in [6.07, 6.45) is 0. The number of halogens is 4. The van der Waals surface area contributed by atoms with Gasteiger partial charge in [-0.05, 0) is 80.6 Å². The minimum atomic E-state index is 0.676. The summed E-state index contributed by atoms with van der Waals surface area (Å²) in [5.41, 5.74) is 5.90. The zero-order valence-electron chi connectivity index (χ0n) is 18.2. The molecule has 0 radical (unpaired) electrons. The van der Waals surface area contributed by atoms with Crippen LogP contribution in [0.25, 0.3) is 29.4 Å². The molecule has 35 heavy (non-hydrogen) atoms. The molecule has 0 saturated carbocycles. The topological polar surface area (TPSA) is 9.23 Å². The molecule has 4 aromatic carbocycles. The van der Waals surface area contributed by atoms with Gasteiger partial charge in [-0.2, -0.15) is 0 Å². The summed E-state index contributed by atoms with van der Waals surface area (Å²) >= 11 is 20.3. The van der Waals surface area contributed by atoms with Crippen molar-refractivity contribution < 1.29 is 3.63 Å². The number of hydrogen-bond donors (Lipinski definition) is 0. The van der Waals surface area contributed by atoms with Gasteiger partial charge in [0.1, 0.15) is 0 Å². The van der Waals surface area contributed by atoms with Gasteiger partial charge in [-0.15, -0.1) is 0 Å². The van der Waals surface area contributed by atoms with Gasteiger partial charge >= 0.3 is 0 Å². The maximum Gasteiger partial charge on any atom is 0.0491 e. The van der Waals surface area contributed by atoms with E-state index >= 15 is 0 Å². The Kier molecular flexibility index (Phi) is 9.71. The highest BCUT2D eigenvalue weighted by Gasteiger charge is 2.19. The van der Waals surface area contributed by atoms with Crippen LogP contribution in [0.4, 0.5) is 0 Å². The van der Waals surface area contributed by atoms with Gasteiger partial charge in [-0.3, -0.25) is 0 Å². The summed E-state index contributed by atoms with van der Waals surface area (Å²) in [4.78, 5) is 1.87. The lowest BCUT2D eigenvalue weighted by atomic mass is 9.99. The van der Waals surface area contributed by atoms with E-state index < -0.39 is 0 Å². The molecule has 0 atom stereocenters. The first-order valence-electron chi connectivity index (χ1n) is 10.3. The standard InChI is InChI=1S/C28H18Cl2I2OS2/c1-17(31)25-23(15-13-21(29)27(25)19-9-5-3-6-10-19)34-33-35-24-16-14-22(30)28(26(24)18(2)32)20-11-7-4-8-12-20/h3-16H,1-2H2. The van der Waals surface area contributed by atoms with Crippen LogP contribution in [0.1, 0.15) is 11.1 Å². The van der Waals surface area contributed by atoms with Crippen molar-refractivity contribution in [1.29, 1.82) is 0 Å². The fourth-order valence-corrected chi connectivity index (χ4v) is 7.26. The predicted octanol–water partition coefficient (Wildman–Crippen LogP) is 11.9. The Bertz CT molecular complexity index is 1290. The largest absolute Gasteiger partial charge is 0.237 e. The molecule has 7 heteroatoms. The molecule has 0 bridgehead atoms. The summed E-state index contributed by atoms with van der Waals surface area (Å²) in [6, 6.07) is 27.9. The Hall–Kier alpha value is -0.940. The SMILES string of the molecule is C=C(I)c1c(SOSc2ccc(Cl)c(-c3ccccc3)c2C(=C)I)ccc(Cl)c1-c1ccccc1. The van der Waals surface area contributed by atoms with Crippen molar-refractivity contribution in [1.82, 2.24) is 0 Å². The van der Waals surface area contributed by atoms with Crippen LogP contribution >= 0.6 is 92.5 Å². The van der Waals surface area contributed by atoms with Crippen LogP contribution in [-0.4, -0.2) is 0 Å². The third-order valence-corrected chi connectivity index (χ3v) is 8.44. The van der Waals surface area contributed by atoms with Crippen molar-refractivity contribution in [3.8, 4) is 22.3 Å². The van der Waals surface area contributed by atoms with Crippen LogP contribution in [0.3, 0.4) is 0 Å². The van der Waals surface area contributed by atoms with Gasteiger partial charge in [0, 0.05) is 73.3 Å². The fourth-order valence-electron chi connectivity index (χ4n) is 3.66. The third-order valence-electron chi connectivity index (χ3n) is 5.15. The average Bonchev–Trinajstić information content (AvgIpc) is 2.86. The first-order chi connectivity index (χ1) is 16.9. The molecule has 0 spiro atoms. The lowest BCUT2D eigenvalue weighted by Crippen LogP contribution is -1.92. The van der Waals surface area contributed by atoms with E-state index in [1.165, 1.54) is 24.1 Å². The number of benzene rings is 4. The highest BCUT2D eigenvalue weighted by Crippen LogP contribution is 2.47. The molecule has 0 aliphatic rings. The van der Waals surface area contributed by atoms with Crippen molar-refractivity contribution in [2.75, 3.05) is 0 Å². The molecule has 0 amide bonds. The van der Waals surface area contributed by atoms with Crippen LogP contribution < -0.4 is 0 Å². The minimum absolute atomic E-state index is 0.676. The Labute approximate surface area is 252 Å². The molecule has 0 N–H and O–H groups in total. The highest BCUT2D eigenvalue weighted by atomic mass is 127. The zero-order chi connectivity index (χ0) is 24.9. The summed E-state index contributed by atoms with van der Waals surface area (Å²) in [6.45, 7) is 8.39. The molecule has 0 unspecified atom stereocenters. The molecular weight excluding hydrogens is 741 g/mol. The molecule has 4 rings (SSSR count). The molecular formula is C28H18Cl2I2OS2. The summed E-state index contributed by atoms with van der Waals surface area (Å²) in [7, 11) is 0. The molecule has 0 heterocycles. The lowest BCUT2D eigenvalue weighted by Gasteiger charge is -2.17. The smallest absolute Gasteiger partial charge is 0.0491 e. The van der Waals surface area contributed by atoms with E-state index in [2.05, 4.69) is 58.3 Å². The quantitative estimate of drug-likeness (QED) is 0.131. The second kappa shape index (κ2) is 12.5. The van der Waals surface area contributed by atoms with E-state index in [1.807, 2.05) is 84.9 Å². The third kappa shape index (κ3) is 6.32. The van der Waals surface area contributed by atoms with Crippen molar-refractivity contribution in [3.05, 3.63) is 119 Å². The Morgan fingerprint density at radius 1 is 0.600 bits per heavy atom. The minimum Gasteiger partial charge on any atom is -0.237 e. The molecule has 1 nitrogen and oxygen atoms in total. The molecule has 0 aliphatic heterocycles. The highest BCUT2D eigenvalue weighted by molar-refractivity contribution is 14.1. The van der Waals surface area contributed by atoms with Crippen molar-refractivity contribution in [2.24, 2.45) is 0 Å². The van der Waals surface area contributed by atoms with Crippen molar-refractivity contribution in [2.45, 2.75) is 9.79 Å². The van der Waals surface area contributed by atoms with Gasteiger partial charge in [-0.25, -0.2) is 3.63 Å². The second-order valence-electron chi connectivity index (χ2n) is 7.37. The van der Waals surface area contributed by atoms with Crippen molar-refractivity contribution in [3.63, 3.8) is 0 Å². The molecule has 4 aromatic rings. The lowest BCUT2D eigenvalue weighted by molar-refractivity contribution is 0.756. The van der Waals surface area contributed by atoms with E-state index in [0.29, 0.717) is 10.0 Å². The predicted molar refractivity (Wildman–Crippen MR) is 173 cm³/mol. The second-order valence-corrected chi connectivity index (χ2v) is 12.5. The van der Waals surface area contributed by atoms with Gasteiger partial charge in [0.05, 0.1) is 0 Å². The number of rotatable bonds is 8. The van der Waals surface area contributed by atoms with Crippen LogP contribution in [0.2, 0.25) is 10.0 Å². The molecule has 0 fully saturated rings. The van der Waals surface area contributed by atoms with E-state index in [-0.39, 0.29) is 0 Å². The van der Waals surface area contributed by atoms with Gasteiger partial charge in [-0.1, -0.05) is 97.0 Å². The van der Waals surface area contributed by atoms with Crippen LogP contribution in [0, 0.1) is 0 Å². The molecule has 0 saturated heterocycles. The van der Waals surface area contributed by atoms with Crippen molar-refractivity contribution >= 4 is 99.6 Å². The molecule has 0 aliphatic carbocycles. The maximum atomic E-state index is 6.63. The van der Waals surface area contributed by atoms with E-state index in [9.17, 15) is 0 Å². The van der Waals surface area contributed by atoms with E-state index in [4.69, 9.17) is 26.8 Å². The normalized spacial score (nSPS) is 10.9. The molecule has 176 valence electrons. The summed E-state index contributed by atoms with van der Waals surface area (Å²) in [5.74, 6) is 0. The van der Waals surface area contributed by atoms with Gasteiger partial charge < -0.3 is 0 Å².